The van der Waals surface area contributed by atoms with Crippen LogP contribution < -0.4 is 4.90 Å². The van der Waals surface area contributed by atoms with Gasteiger partial charge in [-0.2, -0.15) is 0 Å². The SMILES string of the molecule is CCC(=O)[C@@H]1CCCN(c2cccc(C)c2F)C1=O. The van der Waals surface area contributed by atoms with Crippen LogP contribution in [0.3, 0.4) is 0 Å². The molecule has 0 aliphatic carbocycles. The zero-order valence-electron chi connectivity index (χ0n) is 11.3. The van der Waals surface area contributed by atoms with Crippen molar-refractivity contribution in [2.75, 3.05) is 11.4 Å². The molecule has 0 bridgehead atoms. The molecule has 2 rings (SSSR count). The Balaban J connectivity index is 2.32. The second kappa shape index (κ2) is 5.51. The molecule has 0 aromatic heterocycles. The molecule has 1 fully saturated rings. The first-order valence-corrected chi connectivity index (χ1v) is 6.65. The largest absolute Gasteiger partial charge is 0.309 e. The number of aryl methyl sites for hydroxylation is 1. The van der Waals surface area contributed by atoms with Crippen molar-refractivity contribution in [1.82, 2.24) is 0 Å². The molecule has 1 saturated heterocycles. The molecule has 0 saturated carbocycles. The van der Waals surface area contributed by atoms with Gasteiger partial charge < -0.3 is 4.90 Å². The molecule has 0 radical (unpaired) electrons. The molecule has 0 unspecified atom stereocenters. The number of piperidine rings is 1. The van der Waals surface area contributed by atoms with Crippen LogP contribution in [0.1, 0.15) is 31.7 Å². The second-order valence-electron chi connectivity index (χ2n) is 4.91. The van der Waals surface area contributed by atoms with E-state index in [1.165, 1.54) is 4.90 Å². The van der Waals surface area contributed by atoms with Crippen molar-refractivity contribution < 1.29 is 14.0 Å². The highest BCUT2D eigenvalue weighted by molar-refractivity contribution is 6.09. The van der Waals surface area contributed by atoms with Crippen molar-refractivity contribution >= 4 is 17.4 Å². The number of hydrogen-bond donors (Lipinski definition) is 0. The summed E-state index contributed by atoms with van der Waals surface area (Å²) in [5.74, 6) is -1.29. The minimum Gasteiger partial charge on any atom is -0.309 e. The highest BCUT2D eigenvalue weighted by atomic mass is 19.1. The number of carbonyl (C=O) groups excluding carboxylic acids is 2. The van der Waals surface area contributed by atoms with Gasteiger partial charge in [0.1, 0.15) is 11.6 Å². The summed E-state index contributed by atoms with van der Waals surface area (Å²) in [6.07, 6.45) is 1.66. The fraction of sp³-hybridized carbons (Fsp3) is 0.467. The normalized spacial score (nSPS) is 19.6. The predicted octanol–water partition coefficient (Wildman–Crippen LogP) is 2.86. The van der Waals surface area contributed by atoms with Gasteiger partial charge in [-0.25, -0.2) is 4.39 Å². The van der Waals surface area contributed by atoms with E-state index in [4.69, 9.17) is 0 Å². The van der Waals surface area contributed by atoms with Crippen LogP contribution >= 0.6 is 0 Å². The van der Waals surface area contributed by atoms with E-state index in [0.717, 1.165) is 6.42 Å². The predicted molar refractivity (Wildman–Crippen MR) is 71.5 cm³/mol. The molecule has 1 aliphatic rings. The molecule has 4 heteroatoms. The molecule has 1 atom stereocenters. The quantitative estimate of drug-likeness (QED) is 0.786. The molecule has 19 heavy (non-hydrogen) atoms. The Morgan fingerprint density at radius 2 is 2.21 bits per heavy atom. The van der Waals surface area contributed by atoms with Gasteiger partial charge in [-0.15, -0.1) is 0 Å². The van der Waals surface area contributed by atoms with Gasteiger partial charge in [-0.05, 0) is 31.4 Å². The van der Waals surface area contributed by atoms with Crippen LogP contribution in [0.4, 0.5) is 10.1 Å². The first kappa shape index (κ1) is 13.7. The van der Waals surface area contributed by atoms with Crippen LogP contribution in [0.2, 0.25) is 0 Å². The van der Waals surface area contributed by atoms with E-state index < -0.39 is 5.92 Å². The molecule has 102 valence electrons. The standard InChI is InChI=1S/C15H18FNO2/c1-3-13(18)11-7-5-9-17(15(11)19)12-8-4-6-10(2)14(12)16/h4,6,8,11H,3,5,7,9H2,1-2H3/t11-/m0/s1. The lowest BCUT2D eigenvalue weighted by atomic mass is 9.91. The van der Waals surface area contributed by atoms with E-state index in [-0.39, 0.29) is 17.5 Å². The summed E-state index contributed by atoms with van der Waals surface area (Å²) in [5, 5.41) is 0. The summed E-state index contributed by atoms with van der Waals surface area (Å²) in [7, 11) is 0. The van der Waals surface area contributed by atoms with Crippen molar-refractivity contribution in [3.63, 3.8) is 0 Å². The summed E-state index contributed by atoms with van der Waals surface area (Å²) in [4.78, 5) is 25.5. The number of nitrogens with zero attached hydrogens (tertiary/aromatic N) is 1. The van der Waals surface area contributed by atoms with E-state index in [9.17, 15) is 14.0 Å². The third-order valence-electron chi connectivity index (χ3n) is 3.64. The number of anilines is 1. The van der Waals surface area contributed by atoms with E-state index in [0.29, 0.717) is 30.6 Å². The average molecular weight is 263 g/mol. The fourth-order valence-corrected chi connectivity index (χ4v) is 2.50. The highest BCUT2D eigenvalue weighted by Gasteiger charge is 2.34. The number of amides is 1. The summed E-state index contributed by atoms with van der Waals surface area (Å²) in [6.45, 7) is 3.90. The fourth-order valence-electron chi connectivity index (χ4n) is 2.50. The van der Waals surface area contributed by atoms with E-state index in [2.05, 4.69) is 0 Å². The maximum atomic E-state index is 14.1. The first-order valence-electron chi connectivity index (χ1n) is 6.65. The Morgan fingerprint density at radius 3 is 2.89 bits per heavy atom. The van der Waals surface area contributed by atoms with E-state index in [1.807, 2.05) is 0 Å². The monoisotopic (exact) mass is 263 g/mol. The van der Waals surface area contributed by atoms with Crippen molar-refractivity contribution in [2.24, 2.45) is 5.92 Å². The third-order valence-corrected chi connectivity index (χ3v) is 3.64. The van der Waals surface area contributed by atoms with Gasteiger partial charge in [-0.3, -0.25) is 9.59 Å². The van der Waals surface area contributed by atoms with Crippen LogP contribution in [-0.2, 0) is 9.59 Å². The van der Waals surface area contributed by atoms with Gasteiger partial charge in [-0.1, -0.05) is 19.1 Å². The molecular weight excluding hydrogens is 245 g/mol. The van der Waals surface area contributed by atoms with Crippen LogP contribution in [0.5, 0.6) is 0 Å². The molecule has 1 aromatic carbocycles. The molecule has 0 N–H and O–H groups in total. The van der Waals surface area contributed by atoms with Gasteiger partial charge in [0.2, 0.25) is 5.91 Å². The molecule has 1 heterocycles. The van der Waals surface area contributed by atoms with Gasteiger partial charge in [0.05, 0.1) is 11.6 Å². The first-order chi connectivity index (χ1) is 9.06. The molecule has 1 aliphatic heterocycles. The summed E-state index contributed by atoms with van der Waals surface area (Å²) < 4.78 is 14.1. The Labute approximate surface area is 112 Å². The van der Waals surface area contributed by atoms with Crippen LogP contribution in [-0.4, -0.2) is 18.2 Å². The minimum absolute atomic E-state index is 0.0530. The van der Waals surface area contributed by atoms with Crippen molar-refractivity contribution in [3.8, 4) is 0 Å². The Bertz CT molecular complexity index is 513. The topological polar surface area (TPSA) is 37.4 Å². The number of rotatable bonds is 3. The van der Waals surface area contributed by atoms with Gasteiger partial charge in [0.25, 0.3) is 0 Å². The van der Waals surface area contributed by atoms with Crippen molar-refractivity contribution in [2.45, 2.75) is 33.1 Å². The smallest absolute Gasteiger partial charge is 0.237 e. The Morgan fingerprint density at radius 1 is 1.47 bits per heavy atom. The van der Waals surface area contributed by atoms with Crippen molar-refractivity contribution in [3.05, 3.63) is 29.6 Å². The third kappa shape index (κ3) is 2.53. The number of hydrogen-bond acceptors (Lipinski definition) is 2. The van der Waals surface area contributed by atoms with Crippen molar-refractivity contribution in [1.29, 1.82) is 0 Å². The second-order valence-corrected chi connectivity index (χ2v) is 4.91. The average Bonchev–Trinajstić information content (AvgIpc) is 2.42. The van der Waals surface area contributed by atoms with E-state index >= 15 is 0 Å². The van der Waals surface area contributed by atoms with Crippen LogP contribution in [0.15, 0.2) is 18.2 Å². The summed E-state index contributed by atoms with van der Waals surface area (Å²) in [5.41, 5.74) is 0.799. The molecule has 1 aromatic rings. The van der Waals surface area contributed by atoms with Gasteiger partial charge in [0, 0.05) is 13.0 Å². The Hall–Kier alpha value is -1.71. The number of benzene rings is 1. The lowest BCUT2D eigenvalue weighted by molar-refractivity contribution is -0.133. The molecular formula is C15H18FNO2. The lowest BCUT2D eigenvalue weighted by Gasteiger charge is -2.32. The maximum Gasteiger partial charge on any atom is 0.237 e. The number of ketones is 1. The molecule has 0 spiro atoms. The zero-order valence-corrected chi connectivity index (χ0v) is 11.3. The maximum absolute atomic E-state index is 14.1. The zero-order chi connectivity index (χ0) is 14.0. The summed E-state index contributed by atoms with van der Waals surface area (Å²) >= 11 is 0. The molecule has 3 nitrogen and oxygen atoms in total. The Kier molecular flexibility index (Phi) is 3.98. The summed E-state index contributed by atoms with van der Waals surface area (Å²) in [6, 6.07) is 4.99. The number of carbonyl (C=O) groups is 2. The minimum atomic E-state index is -0.598. The number of Topliss-reactive ketones (excluding diaryl/α,β-unsaturated/α-hetero) is 1. The van der Waals surface area contributed by atoms with Gasteiger partial charge in [0.15, 0.2) is 0 Å². The number of halogens is 1. The highest BCUT2D eigenvalue weighted by Crippen LogP contribution is 2.28. The van der Waals surface area contributed by atoms with Gasteiger partial charge >= 0.3 is 0 Å². The van der Waals surface area contributed by atoms with E-state index in [1.54, 1.807) is 32.0 Å². The van der Waals surface area contributed by atoms with Crippen LogP contribution in [0, 0.1) is 18.7 Å². The lowest BCUT2D eigenvalue weighted by Crippen LogP contribution is -2.44. The molecule has 1 amide bonds. The van der Waals surface area contributed by atoms with Crippen LogP contribution in [0.25, 0.3) is 0 Å².